The summed E-state index contributed by atoms with van der Waals surface area (Å²) in [7, 11) is 3.49. The van der Waals surface area contributed by atoms with E-state index in [1.807, 2.05) is 42.3 Å². The van der Waals surface area contributed by atoms with Crippen LogP contribution in [0, 0.1) is 11.3 Å². The van der Waals surface area contributed by atoms with Crippen molar-refractivity contribution in [2.24, 2.45) is 0 Å². The van der Waals surface area contributed by atoms with Gasteiger partial charge < -0.3 is 35.8 Å². The molecule has 0 bridgehead atoms. The summed E-state index contributed by atoms with van der Waals surface area (Å²) in [5, 5.41) is 27.0. The third-order valence-electron chi connectivity index (χ3n) is 9.70. The first-order valence-corrected chi connectivity index (χ1v) is 20.5. The van der Waals surface area contributed by atoms with Gasteiger partial charge in [-0.3, -0.25) is 19.1 Å². The van der Waals surface area contributed by atoms with Gasteiger partial charge in [0, 0.05) is 73.4 Å². The third-order valence-corrected chi connectivity index (χ3v) is 10.6. The Morgan fingerprint density at radius 2 is 1.80 bits per heavy atom. The highest BCUT2D eigenvalue weighted by molar-refractivity contribution is 7.97. The number of nitriles is 1. The molecular formula is C42H51N11O5S. The Kier molecular flexibility index (Phi) is 16.5. The van der Waals surface area contributed by atoms with Gasteiger partial charge in [0.1, 0.15) is 29.8 Å². The summed E-state index contributed by atoms with van der Waals surface area (Å²) in [4.78, 5) is 57.5. The Balaban J connectivity index is 0.000000293. The van der Waals surface area contributed by atoms with Gasteiger partial charge in [0.05, 0.1) is 30.3 Å². The highest BCUT2D eigenvalue weighted by atomic mass is 32.2. The molecule has 0 radical (unpaired) electrons. The molecule has 0 aliphatic carbocycles. The van der Waals surface area contributed by atoms with E-state index in [9.17, 15) is 24.4 Å². The van der Waals surface area contributed by atoms with Crippen LogP contribution < -0.4 is 26.0 Å². The highest BCUT2D eigenvalue weighted by Crippen LogP contribution is 2.38. The average molecular weight is 822 g/mol. The fourth-order valence-corrected chi connectivity index (χ4v) is 7.67. The quantitative estimate of drug-likeness (QED) is 0.0377. The smallest absolute Gasteiger partial charge is 0.251 e. The fourth-order valence-electron chi connectivity index (χ4n) is 6.64. The van der Waals surface area contributed by atoms with Gasteiger partial charge in [0.25, 0.3) is 5.91 Å². The summed E-state index contributed by atoms with van der Waals surface area (Å²) in [6.07, 6.45) is 10.3. The number of amides is 2. The molecule has 5 aromatic rings. The van der Waals surface area contributed by atoms with Crippen LogP contribution in [0.3, 0.4) is 0 Å². The summed E-state index contributed by atoms with van der Waals surface area (Å²) < 4.78 is 9.33. The van der Waals surface area contributed by atoms with E-state index in [0.717, 1.165) is 72.4 Å². The van der Waals surface area contributed by atoms with Crippen molar-refractivity contribution in [2.75, 3.05) is 58.0 Å². The molecule has 0 saturated carbocycles. The van der Waals surface area contributed by atoms with Crippen molar-refractivity contribution in [3.05, 3.63) is 84.3 Å². The second kappa shape index (κ2) is 22.2. The predicted molar refractivity (Wildman–Crippen MR) is 228 cm³/mol. The molecule has 3 aromatic heterocycles. The zero-order chi connectivity index (χ0) is 42.0. The van der Waals surface area contributed by atoms with Crippen LogP contribution in [-0.4, -0.2) is 106 Å². The summed E-state index contributed by atoms with van der Waals surface area (Å²) in [6, 6.07) is 18.5. The Hall–Kier alpha value is -6.09. The highest BCUT2D eigenvalue weighted by Gasteiger charge is 2.45. The monoisotopic (exact) mass is 821 g/mol. The van der Waals surface area contributed by atoms with E-state index in [4.69, 9.17) is 9.72 Å². The first-order valence-electron chi connectivity index (χ1n) is 19.5. The number of likely N-dealkylation sites (N-methyl/N-ethyl adjacent to an activating group) is 1. The van der Waals surface area contributed by atoms with Crippen LogP contribution in [0.15, 0.2) is 73.2 Å². The van der Waals surface area contributed by atoms with Crippen molar-refractivity contribution in [3.8, 4) is 23.1 Å². The van der Waals surface area contributed by atoms with Crippen molar-refractivity contribution in [1.82, 2.24) is 45.0 Å². The first kappa shape index (κ1) is 44.0. The molecule has 17 heteroatoms. The molecule has 5 N–H and O–H groups in total. The molecule has 2 amide bonds. The zero-order valence-corrected chi connectivity index (χ0v) is 34.4. The molecule has 6 rings (SSSR count). The van der Waals surface area contributed by atoms with Gasteiger partial charge in [-0.15, -0.1) is 0 Å². The second-order valence-electron chi connectivity index (χ2n) is 13.8. The van der Waals surface area contributed by atoms with Gasteiger partial charge in [-0.2, -0.15) is 15.3 Å². The number of unbranched alkanes of at least 4 members (excludes halogenated alkanes) is 1. The SMILES string of the molecule is CCSN1CC(CC#N)(n2cc(-c3nc(Nc4ccc(C(=O)NCCCCNC)cc4)nc4[nH]ccc34)cn2)C1.CNC(=O)C(CCC=O)c1ccc(OCC=O)cc1. The van der Waals surface area contributed by atoms with Crippen LogP contribution in [0.1, 0.15) is 60.9 Å². The molecule has 310 valence electrons. The molecule has 1 unspecified atom stereocenters. The lowest BCUT2D eigenvalue weighted by molar-refractivity contribution is -0.122. The van der Waals surface area contributed by atoms with Crippen molar-refractivity contribution < 1.29 is 23.9 Å². The number of aldehydes is 2. The number of nitrogens with zero attached hydrogens (tertiary/aromatic N) is 6. The van der Waals surface area contributed by atoms with Gasteiger partial charge in [-0.25, -0.2) is 9.29 Å². The Labute approximate surface area is 348 Å². The number of aromatic nitrogens is 5. The van der Waals surface area contributed by atoms with Gasteiger partial charge in [0.2, 0.25) is 11.9 Å². The minimum absolute atomic E-state index is 0.00334. The van der Waals surface area contributed by atoms with Gasteiger partial charge >= 0.3 is 0 Å². The lowest BCUT2D eigenvalue weighted by Gasteiger charge is -2.48. The maximum atomic E-state index is 12.4. The van der Waals surface area contributed by atoms with E-state index in [1.165, 1.54) is 0 Å². The number of H-pyrrole nitrogens is 1. The van der Waals surface area contributed by atoms with Crippen LogP contribution in [0.5, 0.6) is 5.75 Å². The van der Waals surface area contributed by atoms with Crippen LogP contribution in [0.25, 0.3) is 22.3 Å². The van der Waals surface area contributed by atoms with Gasteiger partial charge in [-0.05, 0) is 80.9 Å². The van der Waals surface area contributed by atoms with Crippen LogP contribution in [0.4, 0.5) is 11.6 Å². The zero-order valence-electron chi connectivity index (χ0n) is 33.6. The molecule has 2 aromatic carbocycles. The lowest BCUT2D eigenvalue weighted by Crippen LogP contribution is -2.60. The molecule has 0 spiro atoms. The summed E-state index contributed by atoms with van der Waals surface area (Å²) in [5.41, 5.74) is 4.17. The molecule has 1 aliphatic rings. The number of nitrogens with one attached hydrogen (secondary N) is 5. The number of fused-ring (bicyclic) bond motifs is 1. The number of rotatable bonds is 21. The molecular weight excluding hydrogens is 771 g/mol. The van der Waals surface area contributed by atoms with Gasteiger partial charge in [-0.1, -0.05) is 31.0 Å². The second-order valence-corrected chi connectivity index (χ2v) is 15.2. The molecule has 1 saturated heterocycles. The average Bonchev–Trinajstić information content (AvgIpc) is 3.94. The van der Waals surface area contributed by atoms with Crippen molar-refractivity contribution in [3.63, 3.8) is 0 Å². The van der Waals surface area contributed by atoms with E-state index >= 15 is 0 Å². The topological polar surface area (TPSA) is 212 Å². The fraction of sp³-hybridized carbons (Fsp3) is 0.381. The largest absolute Gasteiger partial charge is 0.486 e. The number of hydrogen-bond acceptors (Lipinski definition) is 13. The number of ether oxygens (including phenoxy) is 1. The molecule has 4 heterocycles. The van der Waals surface area contributed by atoms with E-state index in [-0.39, 0.29) is 29.9 Å². The number of anilines is 2. The Morgan fingerprint density at radius 1 is 1.03 bits per heavy atom. The number of hydrogen-bond donors (Lipinski definition) is 5. The standard InChI is InChI=1S/C28H34N10OS.C14H17NO4/c1-3-40-37-18-28(19-37,11-12-29)38-17-21(16-33-38)24-23-10-15-31-25(23)36-27(35-24)34-22-8-6-20(7-9-22)26(39)32-14-5-4-13-30-2;1-15-14(18)13(3-2-8-16)11-4-6-12(7-5-11)19-10-9-17/h6-10,15-17,30H,3-5,11,13-14,18-19H2,1-2H3,(H,32,39)(H2,31,34,35,36);4-9,13H,2-3,10H2,1H3,(H,15,18). The number of benzene rings is 2. The predicted octanol–water partition coefficient (Wildman–Crippen LogP) is 4.96. The number of carbonyl (C=O) groups is 4. The lowest BCUT2D eigenvalue weighted by atomic mass is 9.89. The summed E-state index contributed by atoms with van der Waals surface area (Å²) in [6.45, 7) is 5.28. The van der Waals surface area contributed by atoms with Crippen LogP contribution in [0.2, 0.25) is 0 Å². The van der Waals surface area contributed by atoms with Crippen LogP contribution in [-0.2, 0) is 19.9 Å². The first-order chi connectivity index (χ1) is 28.8. The number of carbonyl (C=O) groups excluding carboxylic acids is 4. The summed E-state index contributed by atoms with van der Waals surface area (Å²) in [5.74, 6) is 1.44. The van der Waals surface area contributed by atoms with Crippen molar-refractivity contribution in [2.45, 2.75) is 50.5 Å². The Bertz CT molecular complexity index is 2180. The Morgan fingerprint density at radius 3 is 2.47 bits per heavy atom. The van der Waals surface area contributed by atoms with Gasteiger partial charge in [0.15, 0.2) is 6.29 Å². The normalized spacial score (nSPS) is 13.5. The molecule has 16 nitrogen and oxygen atoms in total. The summed E-state index contributed by atoms with van der Waals surface area (Å²) >= 11 is 1.78. The minimum Gasteiger partial charge on any atom is -0.486 e. The minimum atomic E-state index is -0.352. The van der Waals surface area contributed by atoms with E-state index in [1.54, 1.807) is 61.6 Å². The maximum Gasteiger partial charge on any atom is 0.251 e. The molecule has 1 aliphatic heterocycles. The van der Waals surface area contributed by atoms with Crippen molar-refractivity contribution in [1.29, 1.82) is 5.26 Å². The van der Waals surface area contributed by atoms with Crippen LogP contribution >= 0.6 is 11.9 Å². The van der Waals surface area contributed by atoms with Crippen molar-refractivity contribution >= 4 is 59.0 Å². The molecule has 59 heavy (non-hydrogen) atoms. The maximum absolute atomic E-state index is 12.4. The molecule has 1 fully saturated rings. The van der Waals surface area contributed by atoms with E-state index < -0.39 is 0 Å². The van der Waals surface area contributed by atoms with E-state index in [2.05, 4.69) is 53.6 Å². The number of aromatic amines is 1. The molecule has 1 atom stereocenters. The van der Waals surface area contributed by atoms with E-state index in [0.29, 0.717) is 55.0 Å². The third kappa shape index (κ3) is 11.7.